The third kappa shape index (κ3) is 0.243. The van der Waals surface area contributed by atoms with Crippen LogP contribution in [0.4, 0.5) is 0 Å². The molecule has 0 aromatic rings. The van der Waals surface area contributed by atoms with E-state index in [-0.39, 0.29) is 0 Å². The van der Waals surface area contributed by atoms with E-state index in [9.17, 15) is 0 Å². The van der Waals surface area contributed by atoms with Crippen molar-refractivity contribution in [3.63, 3.8) is 0 Å². The van der Waals surface area contributed by atoms with Crippen molar-refractivity contribution >= 4 is 0 Å². The Kier molecular flexibility index (Phi) is 0.239. The minimum Gasteiger partial charge on any atom is -0.298 e. The first-order chi connectivity index (χ1) is 3.73. The second kappa shape index (κ2) is 0.784. The van der Waals surface area contributed by atoms with Crippen molar-refractivity contribution in [2.45, 2.75) is 18.9 Å². The largest absolute Gasteiger partial charge is 0.298 e. The standard InChI is InChI=1S/C5H9N/c1-2-5-4-6(5)3-1/h5H,1-4H2/i4D2. The van der Waals surface area contributed by atoms with Gasteiger partial charge in [0.1, 0.15) is 0 Å². The van der Waals surface area contributed by atoms with Gasteiger partial charge < -0.3 is 0 Å². The van der Waals surface area contributed by atoms with Gasteiger partial charge in [-0.05, 0) is 19.4 Å². The predicted molar refractivity (Wildman–Crippen MR) is 24.6 cm³/mol. The molecular weight excluding hydrogens is 74.1 g/mol. The summed E-state index contributed by atoms with van der Waals surface area (Å²) in [5, 5.41) is 0. The van der Waals surface area contributed by atoms with Gasteiger partial charge in [-0.15, -0.1) is 0 Å². The van der Waals surface area contributed by atoms with Crippen LogP contribution in [-0.4, -0.2) is 24.0 Å². The van der Waals surface area contributed by atoms with Crippen LogP contribution >= 0.6 is 0 Å². The van der Waals surface area contributed by atoms with Gasteiger partial charge in [0.15, 0.2) is 0 Å². The molecule has 2 saturated heterocycles. The summed E-state index contributed by atoms with van der Waals surface area (Å²) >= 11 is 0. The molecule has 0 N–H and O–H groups in total. The van der Waals surface area contributed by atoms with Crippen molar-refractivity contribution in [1.29, 1.82) is 0 Å². The monoisotopic (exact) mass is 85.1 g/mol. The smallest absolute Gasteiger partial charge is 0.0447 e. The summed E-state index contributed by atoms with van der Waals surface area (Å²) in [4.78, 5) is 1.92. The van der Waals surface area contributed by atoms with Crippen molar-refractivity contribution in [1.82, 2.24) is 4.90 Å². The van der Waals surface area contributed by atoms with Crippen molar-refractivity contribution in [2.24, 2.45) is 0 Å². The second-order valence-corrected chi connectivity index (χ2v) is 1.98. The van der Waals surface area contributed by atoms with Crippen LogP contribution in [0.5, 0.6) is 0 Å². The summed E-state index contributed by atoms with van der Waals surface area (Å²) in [5.74, 6) is 0. The summed E-state index contributed by atoms with van der Waals surface area (Å²) in [6.07, 6.45) is 2.27. The van der Waals surface area contributed by atoms with Crippen LogP contribution in [0, 0.1) is 0 Å². The van der Waals surface area contributed by atoms with E-state index in [0.717, 1.165) is 13.0 Å². The Balaban J connectivity index is 2.13. The first-order valence-electron chi connectivity index (χ1n) is 3.49. The van der Waals surface area contributed by atoms with Crippen molar-refractivity contribution < 1.29 is 2.74 Å². The van der Waals surface area contributed by atoms with E-state index >= 15 is 0 Å². The van der Waals surface area contributed by atoms with Crippen LogP contribution in [0.1, 0.15) is 15.6 Å². The number of rotatable bonds is 0. The highest BCUT2D eigenvalue weighted by Crippen LogP contribution is 2.28. The lowest BCUT2D eigenvalue weighted by Crippen LogP contribution is -1.90. The first kappa shape index (κ1) is 1.83. The van der Waals surface area contributed by atoms with Crippen LogP contribution < -0.4 is 0 Å². The number of nitrogens with zero attached hydrogens (tertiary/aromatic N) is 1. The van der Waals surface area contributed by atoms with Gasteiger partial charge in [0.25, 0.3) is 0 Å². The van der Waals surface area contributed by atoms with Gasteiger partial charge in [-0.25, -0.2) is 0 Å². The van der Waals surface area contributed by atoms with E-state index in [1.165, 1.54) is 6.42 Å². The molecule has 0 aromatic heterocycles. The van der Waals surface area contributed by atoms with Gasteiger partial charge in [-0.3, -0.25) is 4.90 Å². The Morgan fingerprint density at radius 3 is 3.17 bits per heavy atom. The molecule has 2 rings (SSSR count). The minimum atomic E-state index is -0.905. The number of fused-ring (bicyclic) bond motifs is 1. The Hall–Kier alpha value is -0.0400. The second-order valence-electron chi connectivity index (χ2n) is 1.98. The third-order valence-electron chi connectivity index (χ3n) is 1.50. The fourth-order valence-electron chi connectivity index (χ4n) is 1.05. The average Bonchev–Trinajstić information content (AvgIpc) is 2.22. The lowest BCUT2D eigenvalue weighted by molar-refractivity contribution is 0.593. The molecule has 2 fully saturated rings. The average molecular weight is 85.1 g/mol. The third-order valence-corrected chi connectivity index (χ3v) is 1.50. The van der Waals surface area contributed by atoms with E-state index in [1.807, 2.05) is 4.90 Å². The SMILES string of the molecule is [2H]C1([2H])C2CCCN21. The van der Waals surface area contributed by atoms with E-state index in [4.69, 9.17) is 2.74 Å². The Morgan fingerprint density at radius 2 is 2.83 bits per heavy atom. The molecule has 6 heavy (non-hydrogen) atoms. The summed E-state index contributed by atoms with van der Waals surface area (Å²) < 4.78 is 14.5. The van der Waals surface area contributed by atoms with Gasteiger partial charge >= 0.3 is 0 Å². The molecule has 1 nitrogen and oxygen atoms in total. The van der Waals surface area contributed by atoms with E-state index in [1.54, 1.807) is 0 Å². The molecule has 34 valence electrons. The quantitative estimate of drug-likeness (QED) is 0.386. The van der Waals surface area contributed by atoms with Gasteiger partial charge in [-0.1, -0.05) is 0 Å². The summed E-state index contributed by atoms with van der Waals surface area (Å²) in [6, 6.07) is 0.294. The molecule has 0 amide bonds. The lowest BCUT2D eigenvalue weighted by atomic mass is 10.3. The fraction of sp³-hybridized carbons (Fsp3) is 1.00. The minimum absolute atomic E-state index is 0.294. The first-order valence-corrected chi connectivity index (χ1v) is 2.49. The summed E-state index contributed by atoms with van der Waals surface area (Å²) in [5.41, 5.74) is 0. The molecule has 0 radical (unpaired) electrons. The maximum atomic E-state index is 7.26. The molecule has 2 heterocycles. The maximum Gasteiger partial charge on any atom is 0.0447 e. The lowest BCUT2D eigenvalue weighted by Gasteiger charge is -1.83. The molecule has 0 aliphatic carbocycles. The molecule has 0 saturated carbocycles. The Bertz CT molecular complexity index is 112. The molecule has 2 unspecified atom stereocenters. The molecule has 1 heteroatoms. The molecule has 2 aliphatic rings. The predicted octanol–water partition coefficient (Wildman–Crippen LogP) is 0.464. The highest BCUT2D eigenvalue weighted by molar-refractivity contribution is 4.94. The van der Waals surface area contributed by atoms with Crippen molar-refractivity contribution in [2.75, 3.05) is 13.0 Å². The highest BCUT2D eigenvalue weighted by Gasteiger charge is 2.37. The van der Waals surface area contributed by atoms with Crippen LogP contribution in [-0.2, 0) is 0 Å². The van der Waals surface area contributed by atoms with Crippen LogP contribution in [0.15, 0.2) is 0 Å². The number of hydrogen-bond acceptors (Lipinski definition) is 1. The highest BCUT2D eigenvalue weighted by atomic mass is 15.3. The molecular formula is C5H9N. The zero-order valence-corrected chi connectivity index (χ0v) is 3.65. The molecule has 0 bridgehead atoms. The van der Waals surface area contributed by atoms with Crippen LogP contribution in [0.3, 0.4) is 0 Å². The number of piperidine rings is 1. The van der Waals surface area contributed by atoms with Crippen molar-refractivity contribution in [3.05, 3.63) is 0 Å². The topological polar surface area (TPSA) is 3.01 Å². The van der Waals surface area contributed by atoms with E-state index in [2.05, 4.69) is 0 Å². The summed E-state index contributed by atoms with van der Waals surface area (Å²) in [7, 11) is 0. The van der Waals surface area contributed by atoms with Crippen LogP contribution in [0.2, 0.25) is 0 Å². The normalized spacial score (nSPS) is 65.3. The molecule has 0 aromatic carbocycles. The fourth-order valence-corrected chi connectivity index (χ4v) is 1.05. The Labute approximate surface area is 40.8 Å². The van der Waals surface area contributed by atoms with Gasteiger partial charge in [-0.2, -0.15) is 0 Å². The van der Waals surface area contributed by atoms with E-state index in [0.29, 0.717) is 6.04 Å². The van der Waals surface area contributed by atoms with Crippen LogP contribution in [0.25, 0.3) is 0 Å². The van der Waals surface area contributed by atoms with Gasteiger partial charge in [0.2, 0.25) is 0 Å². The van der Waals surface area contributed by atoms with Gasteiger partial charge in [0.05, 0.1) is 0 Å². The molecule has 2 atom stereocenters. The van der Waals surface area contributed by atoms with Gasteiger partial charge in [0, 0.05) is 15.3 Å². The summed E-state index contributed by atoms with van der Waals surface area (Å²) in [6.45, 7) is 0.0793. The zero-order chi connectivity index (χ0) is 5.78. The van der Waals surface area contributed by atoms with Crippen molar-refractivity contribution in [3.8, 4) is 0 Å². The molecule has 0 spiro atoms. The zero-order valence-electron chi connectivity index (χ0n) is 5.65. The number of hydrogen-bond donors (Lipinski definition) is 0. The Morgan fingerprint density at radius 1 is 1.83 bits per heavy atom. The molecule has 2 aliphatic heterocycles. The van der Waals surface area contributed by atoms with E-state index < -0.39 is 6.50 Å². The maximum absolute atomic E-state index is 7.26.